The molecule has 0 unspecified atom stereocenters. The Kier molecular flexibility index (Phi) is 4.98. The third-order valence-corrected chi connectivity index (χ3v) is 12.6. The summed E-state index contributed by atoms with van der Waals surface area (Å²) in [6, 6.07) is 0. The molecule has 0 aromatic carbocycles. The Morgan fingerprint density at radius 1 is 0.968 bits per heavy atom. The lowest BCUT2D eigenvalue weighted by Crippen LogP contribution is -2.53. The third-order valence-electron chi connectivity index (χ3n) is 12.6. The zero-order valence-corrected chi connectivity index (χ0v) is 21.7. The highest BCUT2D eigenvalue weighted by atomic mass is 16.3. The van der Waals surface area contributed by atoms with Gasteiger partial charge in [-0.25, -0.2) is 0 Å². The van der Waals surface area contributed by atoms with Crippen molar-refractivity contribution in [1.82, 2.24) is 0 Å². The van der Waals surface area contributed by atoms with E-state index in [0.29, 0.717) is 27.6 Å². The van der Waals surface area contributed by atoms with Crippen LogP contribution in [0, 0.1) is 50.7 Å². The largest absolute Gasteiger partial charge is 0.393 e. The SMILES string of the molecule is CC(C)CCC[C@@H](C)[C@H]1CC[C@@]2(C)C3=CC[C@H]4C(C)(C)[C@@H](O)CC[C@@]45C[C@@]35CC[C@]12C. The van der Waals surface area contributed by atoms with Crippen LogP contribution in [0.2, 0.25) is 0 Å². The molecule has 0 saturated heterocycles. The van der Waals surface area contributed by atoms with E-state index in [4.69, 9.17) is 0 Å². The molecule has 8 atom stereocenters. The maximum atomic E-state index is 10.8. The minimum atomic E-state index is -0.109. The summed E-state index contributed by atoms with van der Waals surface area (Å²) in [6.45, 7) is 17.5. The van der Waals surface area contributed by atoms with Crippen molar-refractivity contribution in [1.29, 1.82) is 0 Å². The van der Waals surface area contributed by atoms with Crippen molar-refractivity contribution in [2.24, 2.45) is 50.7 Å². The molecule has 0 bridgehead atoms. The van der Waals surface area contributed by atoms with Gasteiger partial charge in [0.15, 0.2) is 0 Å². The van der Waals surface area contributed by atoms with Crippen molar-refractivity contribution < 1.29 is 5.11 Å². The standard InChI is InChI=1S/C30H50O/c1-20(2)9-8-10-21(3)22-13-15-28(7)24-12-11-23-26(4,5)25(31)14-16-29(23)19-30(24,29)18-17-27(22,28)6/h12,20-23,25,31H,8-11,13-19H2,1-7H3/t21-,22-,23+,25+,27-,28+,29-,30+/m1/s1. The van der Waals surface area contributed by atoms with Crippen molar-refractivity contribution in [2.75, 3.05) is 0 Å². The minimum absolute atomic E-state index is 0.0780. The fourth-order valence-corrected chi connectivity index (χ4v) is 10.5. The van der Waals surface area contributed by atoms with E-state index < -0.39 is 0 Å². The van der Waals surface area contributed by atoms with Gasteiger partial charge in [0.05, 0.1) is 6.10 Å². The molecule has 31 heavy (non-hydrogen) atoms. The van der Waals surface area contributed by atoms with Crippen molar-refractivity contribution in [3.05, 3.63) is 11.6 Å². The van der Waals surface area contributed by atoms with E-state index in [-0.39, 0.29) is 11.5 Å². The molecule has 0 aromatic heterocycles. The Morgan fingerprint density at radius 3 is 2.42 bits per heavy atom. The molecule has 0 aliphatic heterocycles. The maximum Gasteiger partial charge on any atom is 0.0594 e. The first-order chi connectivity index (χ1) is 14.4. The van der Waals surface area contributed by atoms with E-state index in [1.807, 2.05) is 5.57 Å². The molecular formula is C30H50O. The summed E-state index contributed by atoms with van der Waals surface area (Å²) in [4.78, 5) is 0. The van der Waals surface area contributed by atoms with Gasteiger partial charge in [-0.05, 0) is 102 Å². The van der Waals surface area contributed by atoms with E-state index >= 15 is 0 Å². The van der Waals surface area contributed by atoms with Crippen LogP contribution < -0.4 is 0 Å². The average molecular weight is 427 g/mol. The predicted molar refractivity (Wildman–Crippen MR) is 131 cm³/mol. The molecule has 4 saturated carbocycles. The lowest BCUT2D eigenvalue weighted by molar-refractivity contribution is -0.0905. The van der Waals surface area contributed by atoms with Crippen LogP contribution >= 0.6 is 0 Å². The molecule has 1 nitrogen and oxygen atoms in total. The van der Waals surface area contributed by atoms with Gasteiger partial charge in [-0.2, -0.15) is 0 Å². The van der Waals surface area contributed by atoms with Gasteiger partial charge in [0.25, 0.3) is 0 Å². The monoisotopic (exact) mass is 426 g/mol. The molecule has 2 spiro atoms. The molecule has 1 N–H and O–H groups in total. The van der Waals surface area contributed by atoms with Crippen LogP contribution in [0.3, 0.4) is 0 Å². The highest BCUT2D eigenvalue weighted by molar-refractivity contribution is 5.45. The maximum absolute atomic E-state index is 10.8. The highest BCUT2D eigenvalue weighted by Crippen LogP contribution is 2.87. The molecule has 0 heterocycles. The van der Waals surface area contributed by atoms with E-state index in [1.165, 1.54) is 64.2 Å². The van der Waals surface area contributed by atoms with E-state index in [0.717, 1.165) is 24.2 Å². The second-order valence-electron chi connectivity index (χ2n) is 14.4. The van der Waals surface area contributed by atoms with Gasteiger partial charge in [0.2, 0.25) is 0 Å². The Hall–Kier alpha value is -0.300. The Balaban J connectivity index is 1.43. The van der Waals surface area contributed by atoms with Gasteiger partial charge in [-0.1, -0.05) is 79.4 Å². The summed E-state index contributed by atoms with van der Waals surface area (Å²) < 4.78 is 0. The van der Waals surface area contributed by atoms with Gasteiger partial charge in [0.1, 0.15) is 0 Å². The van der Waals surface area contributed by atoms with Gasteiger partial charge in [-0.15, -0.1) is 0 Å². The lowest BCUT2D eigenvalue weighted by Gasteiger charge is -2.60. The van der Waals surface area contributed by atoms with Gasteiger partial charge < -0.3 is 5.11 Å². The Labute approximate surface area is 192 Å². The minimum Gasteiger partial charge on any atom is -0.393 e. The van der Waals surface area contributed by atoms with Gasteiger partial charge in [0, 0.05) is 0 Å². The second kappa shape index (κ2) is 6.86. The van der Waals surface area contributed by atoms with Crippen LogP contribution in [-0.4, -0.2) is 11.2 Å². The van der Waals surface area contributed by atoms with Gasteiger partial charge >= 0.3 is 0 Å². The fourth-order valence-electron chi connectivity index (χ4n) is 10.5. The van der Waals surface area contributed by atoms with Crippen LogP contribution in [0.1, 0.15) is 119 Å². The number of allylic oxidation sites excluding steroid dienone is 2. The molecular weight excluding hydrogens is 376 g/mol. The van der Waals surface area contributed by atoms with Crippen LogP contribution in [0.15, 0.2) is 11.6 Å². The molecule has 5 aliphatic carbocycles. The quantitative estimate of drug-likeness (QED) is 0.439. The van der Waals surface area contributed by atoms with Crippen LogP contribution in [0.4, 0.5) is 0 Å². The normalized spacial score (nSPS) is 50.7. The fraction of sp³-hybridized carbons (Fsp3) is 0.933. The number of hydrogen-bond acceptors (Lipinski definition) is 1. The topological polar surface area (TPSA) is 20.2 Å². The summed E-state index contributed by atoms with van der Waals surface area (Å²) in [6.07, 6.45) is 17.6. The first-order valence-electron chi connectivity index (χ1n) is 13.8. The number of aliphatic hydroxyl groups is 1. The highest BCUT2D eigenvalue weighted by Gasteiger charge is 2.80. The summed E-state index contributed by atoms with van der Waals surface area (Å²) >= 11 is 0. The second-order valence-corrected chi connectivity index (χ2v) is 14.4. The predicted octanol–water partition coefficient (Wildman–Crippen LogP) is 8.17. The summed E-state index contributed by atoms with van der Waals surface area (Å²) in [5.41, 5.74) is 3.91. The molecule has 0 amide bonds. The molecule has 176 valence electrons. The van der Waals surface area contributed by atoms with Crippen molar-refractivity contribution in [3.63, 3.8) is 0 Å². The van der Waals surface area contributed by atoms with Crippen molar-refractivity contribution in [2.45, 2.75) is 125 Å². The van der Waals surface area contributed by atoms with E-state index in [2.05, 4.69) is 54.5 Å². The van der Waals surface area contributed by atoms with Gasteiger partial charge in [-0.3, -0.25) is 0 Å². The first kappa shape index (κ1) is 22.5. The van der Waals surface area contributed by atoms with Crippen LogP contribution in [-0.2, 0) is 0 Å². The van der Waals surface area contributed by atoms with Crippen molar-refractivity contribution >= 4 is 0 Å². The lowest BCUT2D eigenvalue weighted by atomic mass is 9.45. The zero-order valence-electron chi connectivity index (χ0n) is 21.7. The first-order valence-corrected chi connectivity index (χ1v) is 13.8. The average Bonchev–Trinajstić information content (AvgIpc) is 3.27. The molecule has 0 aromatic rings. The summed E-state index contributed by atoms with van der Waals surface area (Å²) in [5.74, 6) is 3.30. The Morgan fingerprint density at radius 2 is 1.71 bits per heavy atom. The van der Waals surface area contributed by atoms with Crippen LogP contribution in [0.5, 0.6) is 0 Å². The van der Waals surface area contributed by atoms with E-state index in [1.54, 1.807) is 0 Å². The number of aliphatic hydroxyl groups excluding tert-OH is 1. The van der Waals surface area contributed by atoms with Crippen LogP contribution in [0.25, 0.3) is 0 Å². The van der Waals surface area contributed by atoms with Crippen molar-refractivity contribution in [3.8, 4) is 0 Å². The number of hydrogen-bond donors (Lipinski definition) is 1. The number of rotatable bonds is 5. The molecule has 1 heteroatoms. The third kappa shape index (κ3) is 2.71. The molecule has 4 fully saturated rings. The zero-order chi connectivity index (χ0) is 22.4. The summed E-state index contributed by atoms with van der Waals surface area (Å²) in [5, 5.41) is 10.8. The summed E-state index contributed by atoms with van der Waals surface area (Å²) in [7, 11) is 0. The van der Waals surface area contributed by atoms with E-state index in [9.17, 15) is 5.11 Å². The molecule has 5 rings (SSSR count). The molecule has 5 aliphatic rings. The number of fused-ring (bicyclic) bond motifs is 2. The Bertz CT molecular complexity index is 762. The molecule has 0 radical (unpaired) electrons. The smallest absolute Gasteiger partial charge is 0.0594 e.